The molecule has 0 bridgehead atoms. The molecule has 0 radical (unpaired) electrons. The third kappa shape index (κ3) is 3.35. The van der Waals surface area contributed by atoms with Crippen LogP contribution >= 0.6 is 0 Å². The Morgan fingerprint density at radius 3 is 2.35 bits per heavy atom. The quantitative estimate of drug-likeness (QED) is 0.727. The Morgan fingerprint density at radius 2 is 1.58 bits per heavy atom. The molecule has 0 amide bonds. The third-order valence-electron chi connectivity index (χ3n) is 5.15. The van der Waals surface area contributed by atoms with Gasteiger partial charge in [-0.15, -0.1) is 0 Å². The molecule has 4 rings (SSSR count). The molecule has 0 unspecified atom stereocenters. The van der Waals surface area contributed by atoms with Crippen molar-refractivity contribution in [1.82, 2.24) is 14.5 Å². The summed E-state index contributed by atoms with van der Waals surface area (Å²) in [6.45, 7) is 7.47. The highest BCUT2D eigenvalue weighted by Gasteiger charge is 2.17. The minimum absolute atomic E-state index is 0.0200. The zero-order chi connectivity index (χ0) is 17.9. The first kappa shape index (κ1) is 16.8. The van der Waals surface area contributed by atoms with Gasteiger partial charge in [-0.05, 0) is 31.2 Å². The molecule has 0 spiro atoms. The smallest absolute Gasteiger partial charge is 0.272 e. The van der Waals surface area contributed by atoms with Crippen molar-refractivity contribution < 1.29 is 0 Å². The van der Waals surface area contributed by atoms with Crippen LogP contribution in [0.25, 0.3) is 11.0 Å². The molecular weight excluding hydrogens is 324 g/mol. The monoisotopic (exact) mass is 348 g/mol. The Balaban J connectivity index is 1.44. The van der Waals surface area contributed by atoms with Crippen LogP contribution in [0.2, 0.25) is 0 Å². The molecule has 1 aromatic heterocycles. The normalized spacial score (nSPS) is 15.5. The summed E-state index contributed by atoms with van der Waals surface area (Å²) in [4.78, 5) is 21.9. The number of piperazine rings is 1. The molecule has 5 heteroatoms. The SMILES string of the molecule is Cc1nc2ccccc2n(CCN2CCN(c3ccccc3)CC2)c1=O. The summed E-state index contributed by atoms with van der Waals surface area (Å²) in [5.41, 5.74) is 3.69. The van der Waals surface area contributed by atoms with Gasteiger partial charge in [-0.25, -0.2) is 4.98 Å². The van der Waals surface area contributed by atoms with Gasteiger partial charge in [0.1, 0.15) is 5.69 Å². The number of hydrogen-bond acceptors (Lipinski definition) is 4. The molecule has 0 atom stereocenters. The van der Waals surface area contributed by atoms with Gasteiger partial charge in [0.25, 0.3) is 5.56 Å². The zero-order valence-corrected chi connectivity index (χ0v) is 15.1. The number of nitrogens with zero attached hydrogens (tertiary/aromatic N) is 4. The van der Waals surface area contributed by atoms with E-state index in [4.69, 9.17) is 0 Å². The molecule has 1 saturated heterocycles. The maximum Gasteiger partial charge on any atom is 0.272 e. The summed E-state index contributed by atoms with van der Waals surface area (Å²) in [5, 5.41) is 0. The largest absolute Gasteiger partial charge is 0.369 e. The van der Waals surface area contributed by atoms with Gasteiger partial charge in [0.2, 0.25) is 0 Å². The number of aromatic nitrogens is 2. The summed E-state index contributed by atoms with van der Waals surface area (Å²) in [6.07, 6.45) is 0. The van der Waals surface area contributed by atoms with Crippen molar-refractivity contribution >= 4 is 16.7 Å². The van der Waals surface area contributed by atoms with Crippen molar-refractivity contribution in [3.63, 3.8) is 0 Å². The number of benzene rings is 2. The summed E-state index contributed by atoms with van der Waals surface area (Å²) < 4.78 is 1.88. The van der Waals surface area contributed by atoms with Crippen molar-refractivity contribution in [2.24, 2.45) is 0 Å². The van der Waals surface area contributed by atoms with Crippen LogP contribution in [-0.4, -0.2) is 47.2 Å². The van der Waals surface area contributed by atoms with E-state index in [2.05, 4.69) is 45.1 Å². The van der Waals surface area contributed by atoms with Gasteiger partial charge < -0.3 is 9.47 Å². The van der Waals surface area contributed by atoms with Gasteiger partial charge in [-0.2, -0.15) is 0 Å². The van der Waals surface area contributed by atoms with Gasteiger partial charge in [-0.1, -0.05) is 30.3 Å². The Morgan fingerprint density at radius 1 is 0.885 bits per heavy atom. The number of anilines is 1. The van der Waals surface area contributed by atoms with Crippen molar-refractivity contribution in [3.05, 3.63) is 70.6 Å². The van der Waals surface area contributed by atoms with Gasteiger partial charge in [0.15, 0.2) is 0 Å². The van der Waals surface area contributed by atoms with E-state index < -0.39 is 0 Å². The highest BCUT2D eigenvalue weighted by atomic mass is 16.1. The second kappa shape index (κ2) is 7.30. The Hall–Kier alpha value is -2.66. The molecular formula is C21H24N4O. The topological polar surface area (TPSA) is 41.4 Å². The summed E-state index contributed by atoms with van der Waals surface area (Å²) in [5.74, 6) is 0. The first-order chi connectivity index (χ1) is 12.7. The second-order valence-corrected chi connectivity index (χ2v) is 6.81. The van der Waals surface area contributed by atoms with Crippen LogP contribution in [0.1, 0.15) is 5.69 Å². The maximum atomic E-state index is 12.6. The maximum absolute atomic E-state index is 12.6. The molecule has 0 saturated carbocycles. The molecule has 1 aliphatic rings. The number of hydrogen-bond donors (Lipinski definition) is 0. The van der Waals surface area contributed by atoms with E-state index in [9.17, 15) is 4.79 Å². The van der Waals surface area contributed by atoms with Crippen LogP contribution in [0, 0.1) is 6.92 Å². The fraction of sp³-hybridized carbons (Fsp3) is 0.333. The number of fused-ring (bicyclic) bond motifs is 1. The van der Waals surface area contributed by atoms with Crippen LogP contribution in [0.15, 0.2) is 59.4 Å². The Labute approximate surface area is 153 Å². The highest BCUT2D eigenvalue weighted by molar-refractivity contribution is 5.74. The van der Waals surface area contributed by atoms with Gasteiger partial charge in [0, 0.05) is 45.0 Å². The van der Waals surface area contributed by atoms with E-state index >= 15 is 0 Å². The lowest BCUT2D eigenvalue weighted by atomic mass is 10.2. The highest BCUT2D eigenvalue weighted by Crippen LogP contribution is 2.16. The number of rotatable bonds is 4. The zero-order valence-electron chi connectivity index (χ0n) is 15.1. The molecule has 3 aromatic rings. The minimum Gasteiger partial charge on any atom is -0.369 e. The average Bonchev–Trinajstić information content (AvgIpc) is 2.69. The Bertz CT molecular complexity index is 943. The van der Waals surface area contributed by atoms with Crippen molar-refractivity contribution in [2.45, 2.75) is 13.5 Å². The molecule has 0 aliphatic carbocycles. The first-order valence-electron chi connectivity index (χ1n) is 9.21. The van der Waals surface area contributed by atoms with E-state index in [0.717, 1.165) is 43.8 Å². The third-order valence-corrected chi connectivity index (χ3v) is 5.15. The first-order valence-corrected chi connectivity index (χ1v) is 9.21. The summed E-state index contributed by atoms with van der Waals surface area (Å²) >= 11 is 0. The van der Waals surface area contributed by atoms with E-state index in [0.29, 0.717) is 12.2 Å². The van der Waals surface area contributed by atoms with Gasteiger partial charge in [0.05, 0.1) is 11.0 Å². The number of para-hydroxylation sites is 3. The van der Waals surface area contributed by atoms with Crippen LogP contribution in [-0.2, 0) is 6.54 Å². The summed E-state index contributed by atoms with van der Waals surface area (Å²) in [6, 6.07) is 18.4. The molecule has 0 N–H and O–H groups in total. The molecule has 5 nitrogen and oxygen atoms in total. The van der Waals surface area contributed by atoms with E-state index in [1.54, 1.807) is 6.92 Å². The molecule has 26 heavy (non-hydrogen) atoms. The molecule has 1 fully saturated rings. The lowest BCUT2D eigenvalue weighted by Gasteiger charge is -2.36. The van der Waals surface area contributed by atoms with E-state index in [1.165, 1.54) is 5.69 Å². The predicted octanol–water partition coefficient (Wildman–Crippen LogP) is 2.53. The Kier molecular flexibility index (Phi) is 4.71. The lowest BCUT2D eigenvalue weighted by molar-refractivity contribution is 0.248. The van der Waals surface area contributed by atoms with Crippen molar-refractivity contribution in [3.8, 4) is 0 Å². The molecule has 1 aliphatic heterocycles. The van der Waals surface area contributed by atoms with Crippen LogP contribution < -0.4 is 10.5 Å². The summed E-state index contributed by atoms with van der Waals surface area (Å²) in [7, 11) is 0. The second-order valence-electron chi connectivity index (χ2n) is 6.81. The average molecular weight is 348 g/mol. The minimum atomic E-state index is 0.0200. The van der Waals surface area contributed by atoms with Gasteiger partial charge in [-0.3, -0.25) is 9.69 Å². The van der Waals surface area contributed by atoms with E-state index in [-0.39, 0.29) is 5.56 Å². The van der Waals surface area contributed by atoms with Crippen LogP contribution in [0.5, 0.6) is 0 Å². The van der Waals surface area contributed by atoms with Crippen molar-refractivity contribution in [2.75, 3.05) is 37.6 Å². The number of aryl methyl sites for hydroxylation is 1. The van der Waals surface area contributed by atoms with E-state index in [1.807, 2.05) is 28.8 Å². The lowest BCUT2D eigenvalue weighted by Crippen LogP contribution is -2.47. The molecule has 134 valence electrons. The fourth-order valence-corrected chi connectivity index (χ4v) is 3.65. The van der Waals surface area contributed by atoms with Gasteiger partial charge >= 0.3 is 0 Å². The fourth-order valence-electron chi connectivity index (χ4n) is 3.65. The molecule has 2 heterocycles. The predicted molar refractivity (Wildman–Crippen MR) is 106 cm³/mol. The van der Waals surface area contributed by atoms with Crippen molar-refractivity contribution in [1.29, 1.82) is 0 Å². The standard InChI is InChI=1S/C21H24N4O/c1-17-21(26)25(20-10-6-5-9-19(20)22-17)16-13-23-11-14-24(15-12-23)18-7-3-2-4-8-18/h2-10H,11-16H2,1H3. The van der Waals surface area contributed by atoms with Crippen LogP contribution in [0.3, 0.4) is 0 Å². The molecule has 2 aromatic carbocycles. The van der Waals surface area contributed by atoms with Crippen LogP contribution in [0.4, 0.5) is 5.69 Å².